The molecule has 5 nitrogen and oxygen atoms in total. The molecule has 146 valence electrons. The number of anilines is 2. The summed E-state index contributed by atoms with van der Waals surface area (Å²) in [5.41, 5.74) is -0.137. The summed E-state index contributed by atoms with van der Waals surface area (Å²) in [6, 6.07) is 6.76. The molecule has 2 N–H and O–H groups in total. The van der Waals surface area contributed by atoms with Gasteiger partial charge in [-0.1, -0.05) is 17.7 Å². The fourth-order valence-corrected chi connectivity index (χ4v) is 2.60. The Morgan fingerprint density at radius 2 is 1.78 bits per heavy atom. The van der Waals surface area contributed by atoms with Crippen LogP contribution in [0.2, 0.25) is 5.02 Å². The molecule has 0 saturated carbocycles. The van der Waals surface area contributed by atoms with Gasteiger partial charge in [-0.25, -0.2) is 0 Å². The summed E-state index contributed by atoms with van der Waals surface area (Å²) >= 11 is 6.00. The Kier molecular flexibility index (Phi) is 6.43. The van der Waals surface area contributed by atoms with Gasteiger partial charge < -0.3 is 20.1 Å². The largest absolute Gasteiger partial charge is 0.495 e. The Morgan fingerprint density at radius 1 is 1.11 bits per heavy atom. The smallest absolute Gasteiger partial charge is 0.416 e. The van der Waals surface area contributed by atoms with Crippen molar-refractivity contribution >= 4 is 28.9 Å². The minimum atomic E-state index is -4.46. The molecule has 2 rings (SSSR count). The Hall–Kier alpha value is -2.61. The Balaban J connectivity index is 2.09. The summed E-state index contributed by atoms with van der Waals surface area (Å²) < 4.78 is 49.1. The van der Waals surface area contributed by atoms with Crippen LogP contribution in [-0.4, -0.2) is 26.7 Å². The molecule has 2 aromatic rings. The molecule has 0 unspecified atom stereocenters. The predicted molar refractivity (Wildman–Crippen MR) is 97.9 cm³/mol. The van der Waals surface area contributed by atoms with Gasteiger partial charge in [-0.2, -0.15) is 13.2 Å². The first-order valence-electron chi connectivity index (χ1n) is 7.78. The van der Waals surface area contributed by atoms with Gasteiger partial charge in [0.15, 0.2) is 0 Å². The third-order valence-corrected chi connectivity index (χ3v) is 4.04. The highest BCUT2D eigenvalue weighted by Gasteiger charge is 2.32. The average molecular weight is 403 g/mol. The number of halogens is 4. The van der Waals surface area contributed by atoms with Crippen molar-refractivity contribution < 1.29 is 27.4 Å². The zero-order chi connectivity index (χ0) is 20.2. The highest BCUT2D eigenvalue weighted by Crippen LogP contribution is 2.36. The second-order valence-electron chi connectivity index (χ2n) is 5.62. The molecule has 0 aliphatic heterocycles. The van der Waals surface area contributed by atoms with Crippen LogP contribution in [0, 0.1) is 6.92 Å². The number of hydrogen-bond acceptors (Lipinski definition) is 4. The van der Waals surface area contributed by atoms with E-state index in [0.29, 0.717) is 22.2 Å². The van der Waals surface area contributed by atoms with Gasteiger partial charge in [0, 0.05) is 17.8 Å². The number of methoxy groups -OCH3 is 2. The van der Waals surface area contributed by atoms with Crippen LogP contribution < -0.4 is 20.1 Å². The first-order valence-corrected chi connectivity index (χ1v) is 8.16. The van der Waals surface area contributed by atoms with E-state index in [1.54, 1.807) is 0 Å². The van der Waals surface area contributed by atoms with Crippen molar-refractivity contribution in [1.29, 1.82) is 0 Å². The van der Waals surface area contributed by atoms with Crippen molar-refractivity contribution in [3.63, 3.8) is 0 Å². The van der Waals surface area contributed by atoms with Gasteiger partial charge >= 0.3 is 6.18 Å². The Morgan fingerprint density at radius 3 is 2.37 bits per heavy atom. The van der Waals surface area contributed by atoms with Gasteiger partial charge in [0.05, 0.1) is 37.0 Å². The molecule has 0 aliphatic carbocycles. The van der Waals surface area contributed by atoms with Gasteiger partial charge in [-0.3, -0.25) is 4.79 Å². The lowest BCUT2D eigenvalue weighted by Gasteiger charge is -2.15. The van der Waals surface area contributed by atoms with E-state index in [1.165, 1.54) is 45.4 Å². The fourth-order valence-electron chi connectivity index (χ4n) is 2.37. The lowest BCUT2D eigenvalue weighted by atomic mass is 10.1. The molecule has 1 amide bonds. The highest BCUT2D eigenvalue weighted by molar-refractivity contribution is 6.32. The van der Waals surface area contributed by atoms with Gasteiger partial charge in [0.1, 0.15) is 11.5 Å². The summed E-state index contributed by atoms with van der Waals surface area (Å²) in [5.74, 6) is 0.185. The van der Waals surface area contributed by atoms with Gasteiger partial charge in [-0.15, -0.1) is 0 Å². The second-order valence-corrected chi connectivity index (χ2v) is 6.02. The monoisotopic (exact) mass is 402 g/mol. The lowest BCUT2D eigenvalue weighted by Crippen LogP contribution is -2.22. The maximum Gasteiger partial charge on any atom is 0.416 e. The van der Waals surface area contributed by atoms with E-state index in [1.807, 2.05) is 0 Å². The number of rotatable bonds is 6. The van der Waals surface area contributed by atoms with Gasteiger partial charge in [0.25, 0.3) is 0 Å². The molecule has 0 fully saturated rings. The first-order chi connectivity index (χ1) is 12.7. The van der Waals surface area contributed by atoms with E-state index in [-0.39, 0.29) is 17.8 Å². The molecule has 0 saturated heterocycles. The molecule has 0 heterocycles. The maximum absolute atomic E-state index is 13.0. The molecule has 2 aromatic carbocycles. The van der Waals surface area contributed by atoms with Crippen molar-refractivity contribution in [3.05, 3.63) is 46.5 Å². The van der Waals surface area contributed by atoms with E-state index in [4.69, 9.17) is 21.1 Å². The summed E-state index contributed by atoms with van der Waals surface area (Å²) in [6.07, 6.45) is -4.46. The molecule has 0 atom stereocenters. The molecule has 0 bridgehead atoms. The zero-order valence-corrected chi connectivity index (χ0v) is 15.6. The number of nitrogens with one attached hydrogen (secondary N) is 2. The number of ether oxygens (including phenoxy) is 2. The summed E-state index contributed by atoms with van der Waals surface area (Å²) in [7, 11) is 2.84. The number of amides is 1. The van der Waals surface area contributed by atoms with E-state index >= 15 is 0 Å². The van der Waals surface area contributed by atoms with Crippen LogP contribution in [0.25, 0.3) is 0 Å². The number of hydrogen-bond donors (Lipinski definition) is 2. The van der Waals surface area contributed by atoms with E-state index in [9.17, 15) is 18.0 Å². The number of carbonyl (C=O) groups excluding carboxylic acids is 1. The Labute approximate surface area is 159 Å². The maximum atomic E-state index is 13.0. The van der Waals surface area contributed by atoms with E-state index in [0.717, 1.165) is 6.07 Å². The number of alkyl halides is 3. The highest BCUT2D eigenvalue weighted by atomic mass is 35.5. The molecule has 0 radical (unpaired) electrons. The summed E-state index contributed by atoms with van der Waals surface area (Å²) in [6.45, 7) is 1.13. The van der Waals surface area contributed by atoms with Crippen molar-refractivity contribution in [2.45, 2.75) is 13.1 Å². The molecule has 9 heteroatoms. The van der Waals surface area contributed by atoms with Crippen molar-refractivity contribution in [2.24, 2.45) is 0 Å². The minimum absolute atomic E-state index is 0.107. The average Bonchev–Trinajstić information content (AvgIpc) is 2.61. The number of benzene rings is 2. The molecule has 0 aliphatic rings. The molecule has 0 spiro atoms. The minimum Gasteiger partial charge on any atom is -0.495 e. The van der Waals surface area contributed by atoms with Crippen LogP contribution in [0.1, 0.15) is 11.1 Å². The van der Waals surface area contributed by atoms with Crippen molar-refractivity contribution in [2.75, 3.05) is 31.4 Å². The molecule has 27 heavy (non-hydrogen) atoms. The summed E-state index contributed by atoms with van der Waals surface area (Å²) in [4.78, 5) is 12.2. The third-order valence-electron chi connectivity index (χ3n) is 3.74. The fraction of sp³-hybridized carbons (Fsp3) is 0.278. The zero-order valence-electron chi connectivity index (χ0n) is 14.8. The van der Waals surface area contributed by atoms with Crippen LogP contribution >= 0.6 is 11.6 Å². The lowest BCUT2D eigenvalue weighted by molar-refractivity contribution is -0.138. The SMILES string of the molecule is COc1cc(NC(=O)CNc2ccc(C)c(C(F)(F)F)c2)c(OC)cc1Cl. The number of carbonyl (C=O) groups is 1. The van der Waals surface area contributed by atoms with Gasteiger partial charge in [-0.05, 0) is 24.6 Å². The van der Waals surface area contributed by atoms with Crippen LogP contribution in [-0.2, 0) is 11.0 Å². The molecule has 0 aromatic heterocycles. The van der Waals surface area contributed by atoms with Crippen LogP contribution in [0.4, 0.5) is 24.5 Å². The number of aryl methyl sites for hydroxylation is 1. The van der Waals surface area contributed by atoms with E-state index < -0.39 is 17.6 Å². The standard InChI is InChI=1S/C18H18ClF3N2O3/c1-10-4-5-11(6-12(10)18(20,21)22)23-9-17(25)24-14-8-15(26-2)13(19)7-16(14)27-3/h4-8,23H,9H2,1-3H3,(H,24,25). The molecular formula is C18H18ClF3N2O3. The van der Waals surface area contributed by atoms with Crippen LogP contribution in [0.15, 0.2) is 30.3 Å². The second kappa shape index (κ2) is 8.39. The topological polar surface area (TPSA) is 59.6 Å². The third kappa shape index (κ3) is 5.19. The first kappa shape index (κ1) is 20.7. The normalized spacial score (nSPS) is 11.1. The molecular weight excluding hydrogens is 385 g/mol. The van der Waals surface area contributed by atoms with E-state index in [2.05, 4.69) is 10.6 Å². The van der Waals surface area contributed by atoms with Crippen molar-refractivity contribution in [1.82, 2.24) is 0 Å². The van der Waals surface area contributed by atoms with Crippen molar-refractivity contribution in [3.8, 4) is 11.5 Å². The van der Waals surface area contributed by atoms with Crippen LogP contribution in [0.3, 0.4) is 0 Å². The Bertz CT molecular complexity index is 841. The quantitative estimate of drug-likeness (QED) is 0.733. The predicted octanol–water partition coefficient (Wildman–Crippen LogP) is 4.74. The van der Waals surface area contributed by atoms with Gasteiger partial charge in [0.2, 0.25) is 5.91 Å². The van der Waals surface area contributed by atoms with Crippen LogP contribution in [0.5, 0.6) is 11.5 Å². The summed E-state index contributed by atoms with van der Waals surface area (Å²) in [5, 5.41) is 5.58.